The van der Waals surface area contributed by atoms with E-state index in [9.17, 15) is 13.2 Å². The second kappa shape index (κ2) is 7.67. The van der Waals surface area contributed by atoms with Crippen LogP contribution in [0.3, 0.4) is 0 Å². The summed E-state index contributed by atoms with van der Waals surface area (Å²) in [6, 6.07) is 6.36. The molecule has 0 bridgehead atoms. The molecule has 1 aromatic carbocycles. The lowest BCUT2D eigenvalue weighted by Crippen LogP contribution is -2.22. The molecule has 3 rings (SSSR count). The summed E-state index contributed by atoms with van der Waals surface area (Å²) >= 11 is 1.38. The Balaban J connectivity index is 1.92. The fourth-order valence-corrected chi connectivity index (χ4v) is 4.22. The molecule has 0 fully saturated rings. The largest absolute Gasteiger partial charge is 0.384 e. The number of anilines is 2. The molecule has 0 aliphatic heterocycles. The molecule has 8 nitrogen and oxygen atoms in total. The van der Waals surface area contributed by atoms with Crippen LogP contribution in [0.5, 0.6) is 0 Å². The smallest absolute Gasteiger partial charge is 0.258 e. The van der Waals surface area contributed by atoms with Crippen LogP contribution < -0.4 is 16.2 Å². The summed E-state index contributed by atoms with van der Waals surface area (Å²) in [6.45, 7) is 2.95. The lowest BCUT2D eigenvalue weighted by Gasteiger charge is -2.16. The number of benzene rings is 1. The van der Waals surface area contributed by atoms with E-state index >= 15 is 0 Å². The Kier molecular flexibility index (Phi) is 5.49. The van der Waals surface area contributed by atoms with Gasteiger partial charge >= 0.3 is 0 Å². The minimum atomic E-state index is -3.54. The van der Waals surface area contributed by atoms with Gasteiger partial charge in [-0.1, -0.05) is 0 Å². The summed E-state index contributed by atoms with van der Waals surface area (Å²) in [7, 11) is -0.555. The summed E-state index contributed by atoms with van der Waals surface area (Å²) in [5.74, 6) is 0. The van der Waals surface area contributed by atoms with Crippen LogP contribution >= 0.6 is 11.3 Å². The maximum absolute atomic E-state index is 12.4. The van der Waals surface area contributed by atoms with Gasteiger partial charge in [-0.05, 0) is 25.1 Å². The van der Waals surface area contributed by atoms with Crippen LogP contribution in [0.1, 0.15) is 12.6 Å². The van der Waals surface area contributed by atoms with Gasteiger partial charge in [0.2, 0.25) is 10.0 Å². The first kappa shape index (κ1) is 19.3. The van der Waals surface area contributed by atoms with Crippen molar-refractivity contribution >= 4 is 37.7 Å². The lowest BCUT2D eigenvalue weighted by atomic mass is 10.2. The van der Waals surface area contributed by atoms with Crippen molar-refractivity contribution in [1.82, 2.24) is 13.7 Å². The number of thiazole rings is 1. The monoisotopic (exact) mass is 407 g/mol. The normalized spacial score (nSPS) is 11.9. The zero-order valence-electron chi connectivity index (χ0n) is 15.3. The molecule has 0 radical (unpaired) electrons. The van der Waals surface area contributed by atoms with Crippen molar-refractivity contribution in [3.63, 3.8) is 0 Å². The molecule has 3 aromatic rings. The number of nitrogens with one attached hydrogen (secondary N) is 2. The first-order chi connectivity index (χ1) is 12.8. The third-order valence-corrected chi connectivity index (χ3v) is 6.52. The summed E-state index contributed by atoms with van der Waals surface area (Å²) in [5, 5.41) is 8.21. The maximum atomic E-state index is 12.4. The van der Waals surface area contributed by atoms with Gasteiger partial charge in [0.05, 0.1) is 28.5 Å². The van der Waals surface area contributed by atoms with E-state index in [-0.39, 0.29) is 10.5 Å². The molecule has 2 aromatic heterocycles. The Labute approximate surface area is 161 Å². The van der Waals surface area contributed by atoms with Gasteiger partial charge in [-0.25, -0.2) is 17.7 Å². The molecule has 27 heavy (non-hydrogen) atoms. The average molecular weight is 408 g/mol. The first-order valence-electron chi connectivity index (χ1n) is 8.33. The van der Waals surface area contributed by atoms with Crippen molar-refractivity contribution < 1.29 is 8.42 Å². The number of fused-ring (bicyclic) bond motifs is 1. The van der Waals surface area contributed by atoms with Crippen LogP contribution in [0.15, 0.2) is 45.5 Å². The third-order valence-electron chi connectivity index (χ3n) is 3.95. The van der Waals surface area contributed by atoms with Gasteiger partial charge in [0.1, 0.15) is 0 Å². The Morgan fingerprint density at radius 2 is 1.96 bits per heavy atom. The van der Waals surface area contributed by atoms with Gasteiger partial charge in [0, 0.05) is 38.3 Å². The molecule has 2 heterocycles. The van der Waals surface area contributed by atoms with Crippen LogP contribution in [0.25, 0.3) is 4.96 Å². The standard InChI is InChI=1S/C17H21N5O3S2/c1-4-18-14-6-5-13(27(24,25)21(2)3)10-15(14)19-11-12-9-16(23)22-7-8-26-17(22)20-12/h5-10,18-19H,4,11H2,1-3H3. The van der Waals surface area contributed by atoms with Gasteiger partial charge < -0.3 is 10.6 Å². The van der Waals surface area contributed by atoms with Gasteiger partial charge in [-0.15, -0.1) is 11.3 Å². The van der Waals surface area contributed by atoms with Crippen LogP contribution in [-0.4, -0.2) is 42.7 Å². The van der Waals surface area contributed by atoms with Crippen LogP contribution in [0.4, 0.5) is 11.4 Å². The summed E-state index contributed by atoms with van der Waals surface area (Å²) in [5.41, 5.74) is 1.86. The number of aromatic nitrogens is 2. The predicted octanol–water partition coefficient (Wildman–Crippen LogP) is 2.05. The highest BCUT2D eigenvalue weighted by atomic mass is 32.2. The first-order valence-corrected chi connectivity index (χ1v) is 10.6. The van der Waals surface area contributed by atoms with E-state index in [4.69, 9.17) is 0 Å². The number of hydrogen-bond donors (Lipinski definition) is 2. The Hall–Kier alpha value is -2.43. The minimum Gasteiger partial charge on any atom is -0.384 e. The molecule has 0 saturated carbocycles. The molecule has 10 heteroatoms. The molecular weight excluding hydrogens is 386 g/mol. The summed E-state index contributed by atoms with van der Waals surface area (Å²) < 4.78 is 27.5. The Morgan fingerprint density at radius 1 is 1.19 bits per heavy atom. The van der Waals surface area contributed by atoms with Gasteiger partial charge in [-0.2, -0.15) is 0 Å². The fourth-order valence-electron chi connectivity index (χ4n) is 2.55. The second-order valence-corrected chi connectivity index (χ2v) is 9.04. The predicted molar refractivity (Wildman–Crippen MR) is 108 cm³/mol. The summed E-state index contributed by atoms with van der Waals surface area (Å²) in [4.78, 5) is 17.4. The molecule has 2 N–H and O–H groups in total. The SMILES string of the molecule is CCNc1ccc(S(=O)(=O)N(C)C)cc1NCc1cc(=O)n2ccsc2n1. The molecule has 0 aliphatic carbocycles. The quantitative estimate of drug-likeness (QED) is 0.622. The molecule has 144 valence electrons. The summed E-state index contributed by atoms with van der Waals surface area (Å²) in [6.07, 6.45) is 1.69. The third kappa shape index (κ3) is 3.97. The van der Waals surface area contributed by atoms with E-state index < -0.39 is 10.0 Å². The number of rotatable bonds is 7. The second-order valence-electron chi connectivity index (χ2n) is 6.02. The number of sulfonamides is 1. The van der Waals surface area contributed by atoms with Crippen molar-refractivity contribution in [3.05, 3.63) is 51.9 Å². The molecule has 0 unspecified atom stereocenters. The topological polar surface area (TPSA) is 95.8 Å². The van der Waals surface area contributed by atoms with Crippen molar-refractivity contribution in [3.8, 4) is 0 Å². The van der Waals surface area contributed by atoms with Crippen molar-refractivity contribution in [2.75, 3.05) is 31.3 Å². The average Bonchev–Trinajstić information content (AvgIpc) is 3.10. The zero-order valence-corrected chi connectivity index (χ0v) is 16.9. The van der Waals surface area contributed by atoms with E-state index in [1.165, 1.54) is 40.2 Å². The maximum Gasteiger partial charge on any atom is 0.258 e. The number of hydrogen-bond acceptors (Lipinski definition) is 7. The highest BCUT2D eigenvalue weighted by molar-refractivity contribution is 7.89. The van der Waals surface area contributed by atoms with E-state index in [0.717, 1.165) is 5.69 Å². The van der Waals surface area contributed by atoms with Crippen LogP contribution in [0, 0.1) is 0 Å². The fraction of sp³-hybridized carbons (Fsp3) is 0.294. The van der Waals surface area contributed by atoms with Gasteiger partial charge in [0.25, 0.3) is 5.56 Å². The molecule has 0 saturated heterocycles. The molecule has 0 atom stereocenters. The molecule has 0 spiro atoms. The van der Waals surface area contributed by atoms with Crippen LogP contribution in [-0.2, 0) is 16.6 Å². The zero-order chi connectivity index (χ0) is 19.6. The molecule has 0 amide bonds. The van der Waals surface area contributed by atoms with E-state index in [0.29, 0.717) is 29.4 Å². The van der Waals surface area contributed by atoms with Crippen molar-refractivity contribution in [1.29, 1.82) is 0 Å². The molecule has 0 aliphatic rings. The van der Waals surface area contributed by atoms with Crippen LogP contribution in [0.2, 0.25) is 0 Å². The van der Waals surface area contributed by atoms with E-state index in [2.05, 4.69) is 15.6 Å². The van der Waals surface area contributed by atoms with Crippen molar-refractivity contribution in [2.45, 2.75) is 18.4 Å². The van der Waals surface area contributed by atoms with Gasteiger partial charge in [0.15, 0.2) is 4.96 Å². The molecular formula is C17H21N5O3S2. The van der Waals surface area contributed by atoms with Gasteiger partial charge in [-0.3, -0.25) is 9.20 Å². The van der Waals surface area contributed by atoms with Crippen molar-refractivity contribution in [2.24, 2.45) is 0 Å². The van der Waals surface area contributed by atoms with E-state index in [1.807, 2.05) is 6.92 Å². The van der Waals surface area contributed by atoms with E-state index in [1.54, 1.807) is 29.8 Å². The highest BCUT2D eigenvalue weighted by Gasteiger charge is 2.18. The highest BCUT2D eigenvalue weighted by Crippen LogP contribution is 2.27. The Morgan fingerprint density at radius 3 is 2.67 bits per heavy atom. The number of nitrogens with zero attached hydrogens (tertiary/aromatic N) is 3. The lowest BCUT2D eigenvalue weighted by molar-refractivity contribution is 0.521. The minimum absolute atomic E-state index is 0.145. The Bertz CT molecular complexity index is 1120.